The average molecular weight is 351 g/mol. The third kappa shape index (κ3) is 8.44. The summed E-state index contributed by atoms with van der Waals surface area (Å²) in [6, 6.07) is 0. The monoisotopic (exact) mass is 352 g/mol. The van der Waals surface area contributed by atoms with Crippen molar-refractivity contribution < 1.29 is 7.81 Å². The van der Waals surface area contributed by atoms with Gasteiger partial charge in [-0.15, -0.1) is 0 Å². The fraction of sp³-hybridized carbons (Fsp3) is 1.00. The van der Waals surface area contributed by atoms with Gasteiger partial charge in [-0.05, 0) is 0 Å². The van der Waals surface area contributed by atoms with Gasteiger partial charge in [0.1, 0.15) is 0 Å². The van der Waals surface area contributed by atoms with Crippen molar-refractivity contribution in [2.45, 2.75) is 72.6 Å². The van der Waals surface area contributed by atoms with E-state index in [0.717, 1.165) is 0 Å². The Kier molecular flexibility index (Phi) is 12.3. The molecule has 0 saturated heterocycles. The molecule has 0 heterocycles. The second-order valence-electron chi connectivity index (χ2n) is 5.04. The first-order valence-electron chi connectivity index (χ1n) is 7.37. The van der Waals surface area contributed by atoms with Crippen LogP contribution in [0.15, 0.2) is 0 Å². The van der Waals surface area contributed by atoms with Gasteiger partial charge in [0.05, 0.1) is 0 Å². The minimum absolute atomic E-state index is 0.535. The Balaban J connectivity index is 4.39. The zero-order valence-electron chi connectivity index (χ0n) is 12.4. The summed E-state index contributed by atoms with van der Waals surface area (Å²) in [5, 5.41) is 0. The normalized spacial score (nSPS) is 12.0. The molecule has 104 valence electrons. The van der Waals surface area contributed by atoms with Crippen molar-refractivity contribution in [2.75, 3.05) is 13.9 Å². The predicted molar refractivity (Wildman–Crippen MR) is 77.9 cm³/mol. The van der Waals surface area contributed by atoms with Gasteiger partial charge in [-0.2, -0.15) is 0 Å². The number of ether oxygens (including phenoxy) is 1. The topological polar surface area (TPSA) is 18.5 Å². The predicted octanol–water partition coefficient (Wildman–Crippen LogP) is 4.95. The Morgan fingerprint density at radius 1 is 0.765 bits per heavy atom. The van der Waals surface area contributed by atoms with E-state index in [9.17, 15) is 0 Å². The third-order valence-corrected chi connectivity index (χ3v) is 16.4. The van der Waals surface area contributed by atoms with Gasteiger partial charge in [0.25, 0.3) is 0 Å². The van der Waals surface area contributed by atoms with E-state index in [1.807, 2.05) is 0 Å². The van der Waals surface area contributed by atoms with Gasteiger partial charge in [-0.25, -0.2) is 0 Å². The van der Waals surface area contributed by atoms with Gasteiger partial charge in [0.15, 0.2) is 0 Å². The molecule has 0 N–H and O–H groups in total. The number of hydrogen-bond acceptors (Lipinski definition) is 2. The van der Waals surface area contributed by atoms with Crippen LogP contribution in [0, 0.1) is 0 Å². The summed E-state index contributed by atoms with van der Waals surface area (Å²) in [5.41, 5.74) is 0. The zero-order valence-corrected chi connectivity index (χ0v) is 15.2. The van der Waals surface area contributed by atoms with Gasteiger partial charge in [-0.1, -0.05) is 0 Å². The summed E-state index contributed by atoms with van der Waals surface area (Å²) in [5.74, 6) is 0. The molecule has 17 heavy (non-hydrogen) atoms. The van der Waals surface area contributed by atoms with Crippen LogP contribution in [-0.2, 0) is 7.81 Å². The van der Waals surface area contributed by atoms with Crippen LogP contribution in [0.5, 0.6) is 0 Å². The van der Waals surface area contributed by atoms with E-state index in [4.69, 9.17) is 7.81 Å². The molecule has 0 amide bonds. The van der Waals surface area contributed by atoms with Gasteiger partial charge in [0.2, 0.25) is 0 Å². The Morgan fingerprint density at radius 3 is 1.47 bits per heavy atom. The molecule has 0 atom stereocenters. The van der Waals surface area contributed by atoms with Crippen LogP contribution in [-0.4, -0.2) is 32.7 Å². The van der Waals surface area contributed by atoms with Gasteiger partial charge >= 0.3 is 113 Å². The standard InChI is InChI=1S/3C4H9.C2H5O2.Sn/c3*1-3-4-2;1-4-2-3;/h3*1,3-4H2,2H3;2H2,1H3;/q;;;-1;+1. The molecule has 0 aliphatic rings. The van der Waals surface area contributed by atoms with Crippen molar-refractivity contribution in [3.63, 3.8) is 0 Å². The van der Waals surface area contributed by atoms with Crippen molar-refractivity contribution in [3.8, 4) is 0 Å². The van der Waals surface area contributed by atoms with E-state index in [1.165, 1.54) is 51.8 Å². The Labute approximate surface area is 113 Å². The molecule has 0 aromatic rings. The SMILES string of the molecule is CCC[CH2][Sn]([CH2]CCC)([CH2]CCC)[O]COC. The van der Waals surface area contributed by atoms with Gasteiger partial charge in [-0.3, -0.25) is 0 Å². The molecule has 2 nitrogen and oxygen atoms in total. The van der Waals surface area contributed by atoms with E-state index in [-0.39, 0.29) is 0 Å². The van der Waals surface area contributed by atoms with Crippen LogP contribution < -0.4 is 0 Å². The first kappa shape index (κ1) is 17.7. The fourth-order valence-corrected chi connectivity index (χ4v) is 15.2. The second-order valence-corrected chi connectivity index (χ2v) is 16.9. The summed E-state index contributed by atoms with van der Waals surface area (Å²) < 4.78 is 15.6. The summed E-state index contributed by atoms with van der Waals surface area (Å²) in [6.45, 7) is 7.39. The van der Waals surface area contributed by atoms with E-state index >= 15 is 0 Å². The average Bonchev–Trinajstić information content (AvgIpc) is 2.37. The van der Waals surface area contributed by atoms with Crippen LogP contribution in [0.2, 0.25) is 13.3 Å². The summed E-state index contributed by atoms with van der Waals surface area (Å²) >= 11 is -2.32. The number of unbranched alkanes of at least 4 members (excludes halogenated alkanes) is 3. The molecule has 3 heteroatoms. The first-order chi connectivity index (χ1) is 8.24. The molecule has 0 aliphatic heterocycles. The second kappa shape index (κ2) is 11.8. The molecular formula is C14H32O2Sn. The number of rotatable bonds is 12. The molecule has 0 aromatic carbocycles. The van der Waals surface area contributed by atoms with Crippen molar-refractivity contribution in [3.05, 3.63) is 0 Å². The molecule has 0 saturated carbocycles. The van der Waals surface area contributed by atoms with Crippen molar-refractivity contribution in [1.82, 2.24) is 0 Å². The molecule has 0 aliphatic carbocycles. The Morgan fingerprint density at radius 2 is 1.18 bits per heavy atom. The van der Waals surface area contributed by atoms with Crippen LogP contribution in [0.4, 0.5) is 0 Å². The van der Waals surface area contributed by atoms with E-state index in [0.29, 0.717) is 6.79 Å². The quantitative estimate of drug-likeness (QED) is 0.366. The van der Waals surface area contributed by atoms with Crippen LogP contribution in [0.1, 0.15) is 59.3 Å². The van der Waals surface area contributed by atoms with Crippen LogP contribution in [0.3, 0.4) is 0 Å². The van der Waals surface area contributed by atoms with E-state index < -0.39 is 18.8 Å². The van der Waals surface area contributed by atoms with Crippen molar-refractivity contribution >= 4 is 18.8 Å². The molecule has 0 radical (unpaired) electrons. The molecule has 0 aromatic heterocycles. The van der Waals surface area contributed by atoms with E-state index in [2.05, 4.69) is 20.8 Å². The molecule has 0 bridgehead atoms. The van der Waals surface area contributed by atoms with Crippen LogP contribution >= 0.6 is 0 Å². The fourth-order valence-electron chi connectivity index (χ4n) is 2.27. The van der Waals surface area contributed by atoms with Gasteiger partial charge < -0.3 is 0 Å². The first-order valence-corrected chi connectivity index (χ1v) is 14.6. The molecular weight excluding hydrogens is 319 g/mol. The third-order valence-electron chi connectivity index (χ3n) is 3.44. The van der Waals surface area contributed by atoms with Gasteiger partial charge in [0, 0.05) is 0 Å². The maximum atomic E-state index is 6.27. The molecule has 0 rings (SSSR count). The number of hydrogen-bond donors (Lipinski definition) is 0. The zero-order chi connectivity index (χ0) is 13.0. The molecule has 0 fully saturated rings. The summed E-state index contributed by atoms with van der Waals surface area (Å²) in [6.07, 6.45) is 7.96. The van der Waals surface area contributed by atoms with Crippen LogP contribution in [0.25, 0.3) is 0 Å². The Bertz CT molecular complexity index is 125. The minimum atomic E-state index is -2.32. The molecule has 0 unspecified atom stereocenters. The Hall–Kier alpha value is 0.719. The van der Waals surface area contributed by atoms with E-state index in [1.54, 1.807) is 7.11 Å². The maximum absolute atomic E-state index is 6.27. The number of methoxy groups -OCH3 is 1. The summed E-state index contributed by atoms with van der Waals surface area (Å²) in [7, 11) is 1.75. The summed E-state index contributed by atoms with van der Waals surface area (Å²) in [4.78, 5) is 0. The van der Waals surface area contributed by atoms with Crippen molar-refractivity contribution in [1.29, 1.82) is 0 Å². The molecule has 0 spiro atoms. The van der Waals surface area contributed by atoms with Crippen molar-refractivity contribution in [2.24, 2.45) is 0 Å².